The molecule has 3 rings (SSSR count). The van der Waals surface area contributed by atoms with Crippen molar-refractivity contribution in [2.75, 3.05) is 0 Å². The topological polar surface area (TPSA) is 29.5 Å². The Kier molecular flexibility index (Phi) is 1.99. The largest absolute Gasteiger partial charge is 0.507 e. The van der Waals surface area contributed by atoms with E-state index in [1.165, 1.54) is 12.8 Å². The van der Waals surface area contributed by atoms with Crippen molar-refractivity contribution in [2.24, 2.45) is 5.92 Å². The molecule has 0 radical (unpaired) electrons. The first kappa shape index (κ1) is 9.22. The molecule has 1 heterocycles. The minimum atomic E-state index is 0.490. The number of rotatable bonds is 2. The summed E-state index contributed by atoms with van der Waals surface area (Å²) in [6, 6.07) is 4.18. The lowest BCUT2D eigenvalue weighted by atomic mass is 9.92. The normalized spacial score (nSPS) is 21.4. The van der Waals surface area contributed by atoms with Crippen molar-refractivity contribution in [3.05, 3.63) is 28.8 Å². The van der Waals surface area contributed by atoms with Crippen molar-refractivity contribution in [1.29, 1.82) is 0 Å². The van der Waals surface area contributed by atoms with Gasteiger partial charge in [0.15, 0.2) is 0 Å². The van der Waals surface area contributed by atoms with Gasteiger partial charge in [-0.2, -0.15) is 0 Å². The summed E-state index contributed by atoms with van der Waals surface area (Å²) in [5.74, 6) is 1.77. The molecule has 2 nitrogen and oxygen atoms in total. The van der Waals surface area contributed by atoms with E-state index in [0.29, 0.717) is 24.9 Å². The Hall–Kier alpha value is -1.02. The third kappa shape index (κ3) is 1.44. The summed E-state index contributed by atoms with van der Waals surface area (Å²) in [5, 5.41) is 10.2. The van der Waals surface area contributed by atoms with Gasteiger partial charge in [0.2, 0.25) is 0 Å². The Bertz CT molecular complexity index is 394. The maximum atomic E-state index is 10.2. The summed E-state index contributed by atoms with van der Waals surface area (Å²) in [6.45, 7) is 3.45. The van der Waals surface area contributed by atoms with Crippen LogP contribution in [0.25, 0.3) is 0 Å². The Labute approximate surface area is 89.9 Å². The number of hydrogen-bond donors (Lipinski definition) is 1. The second-order valence-electron chi connectivity index (χ2n) is 4.76. The van der Waals surface area contributed by atoms with Gasteiger partial charge in [0.25, 0.3) is 0 Å². The van der Waals surface area contributed by atoms with Gasteiger partial charge < -0.3 is 9.84 Å². The zero-order chi connectivity index (χ0) is 10.4. The van der Waals surface area contributed by atoms with E-state index in [-0.39, 0.29) is 0 Å². The monoisotopic (exact) mass is 204 g/mol. The molecule has 80 valence electrons. The average molecular weight is 204 g/mol. The molecule has 1 unspecified atom stereocenters. The van der Waals surface area contributed by atoms with Gasteiger partial charge in [0, 0.05) is 5.56 Å². The Balaban J connectivity index is 2.01. The standard InChI is InChI=1S/C13H16O2/c1-8(9-2-3-9)11-5-4-10-6-15-7-12(10)13(11)14/h4-5,8-9,14H,2-3,6-7H2,1H3. The van der Waals surface area contributed by atoms with Gasteiger partial charge >= 0.3 is 0 Å². The van der Waals surface area contributed by atoms with Crippen molar-refractivity contribution < 1.29 is 9.84 Å². The molecule has 1 fully saturated rings. The van der Waals surface area contributed by atoms with Gasteiger partial charge in [-0.05, 0) is 35.8 Å². The van der Waals surface area contributed by atoms with Crippen LogP contribution in [0, 0.1) is 5.92 Å². The van der Waals surface area contributed by atoms with E-state index < -0.39 is 0 Å². The highest BCUT2D eigenvalue weighted by atomic mass is 16.5. The zero-order valence-corrected chi connectivity index (χ0v) is 8.99. The molecule has 1 aromatic carbocycles. The first-order valence-electron chi connectivity index (χ1n) is 5.68. The number of ether oxygens (including phenoxy) is 1. The first-order valence-corrected chi connectivity index (χ1v) is 5.68. The fourth-order valence-electron chi connectivity index (χ4n) is 2.47. The molecule has 1 aliphatic heterocycles. The van der Waals surface area contributed by atoms with Gasteiger partial charge in [-0.15, -0.1) is 0 Å². The molecule has 15 heavy (non-hydrogen) atoms. The van der Waals surface area contributed by atoms with Crippen LogP contribution >= 0.6 is 0 Å². The fourth-order valence-corrected chi connectivity index (χ4v) is 2.47. The minimum Gasteiger partial charge on any atom is -0.507 e. The molecule has 1 N–H and O–H groups in total. The molecule has 0 saturated heterocycles. The number of hydrogen-bond acceptors (Lipinski definition) is 2. The van der Waals surface area contributed by atoms with E-state index in [2.05, 4.69) is 19.1 Å². The van der Waals surface area contributed by atoms with Gasteiger partial charge in [-0.25, -0.2) is 0 Å². The van der Waals surface area contributed by atoms with Crippen molar-refractivity contribution in [3.8, 4) is 5.75 Å². The molecule has 0 aromatic heterocycles. The summed E-state index contributed by atoms with van der Waals surface area (Å²) in [7, 11) is 0. The minimum absolute atomic E-state index is 0.490. The number of phenols is 1. The summed E-state index contributed by atoms with van der Waals surface area (Å²) in [6.07, 6.45) is 2.63. The van der Waals surface area contributed by atoms with E-state index in [9.17, 15) is 5.11 Å². The summed E-state index contributed by atoms with van der Waals surface area (Å²) in [4.78, 5) is 0. The molecule has 2 heteroatoms. The Morgan fingerprint density at radius 3 is 2.87 bits per heavy atom. The highest BCUT2D eigenvalue weighted by Crippen LogP contribution is 2.46. The van der Waals surface area contributed by atoms with E-state index in [1.807, 2.05) is 0 Å². The molecule has 1 aliphatic carbocycles. The van der Waals surface area contributed by atoms with E-state index in [0.717, 1.165) is 22.6 Å². The maximum absolute atomic E-state index is 10.2. The molecule has 0 amide bonds. The van der Waals surface area contributed by atoms with Crippen LogP contribution < -0.4 is 0 Å². The lowest BCUT2D eigenvalue weighted by Gasteiger charge is -2.14. The van der Waals surface area contributed by atoms with Crippen LogP contribution in [-0.4, -0.2) is 5.11 Å². The van der Waals surface area contributed by atoms with Crippen molar-refractivity contribution >= 4 is 0 Å². The molecule has 1 saturated carbocycles. The molecule has 0 spiro atoms. The predicted octanol–water partition coefficient (Wildman–Crippen LogP) is 2.94. The van der Waals surface area contributed by atoms with Crippen LogP contribution in [0.2, 0.25) is 0 Å². The smallest absolute Gasteiger partial charge is 0.124 e. The quantitative estimate of drug-likeness (QED) is 0.802. The third-order valence-corrected chi connectivity index (χ3v) is 3.73. The van der Waals surface area contributed by atoms with Crippen LogP contribution in [0.5, 0.6) is 5.75 Å². The highest BCUT2D eigenvalue weighted by Gasteiger charge is 2.31. The lowest BCUT2D eigenvalue weighted by molar-refractivity contribution is 0.133. The van der Waals surface area contributed by atoms with Gasteiger partial charge in [-0.1, -0.05) is 19.1 Å². The average Bonchev–Trinajstić information content (AvgIpc) is 2.97. The fraction of sp³-hybridized carbons (Fsp3) is 0.538. The van der Waals surface area contributed by atoms with E-state index >= 15 is 0 Å². The summed E-state index contributed by atoms with van der Waals surface area (Å²) < 4.78 is 5.35. The second-order valence-corrected chi connectivity index (χ2v) is 4.76. The van der Waals surface area contributed by atoms with Crippen molar-refractivity contribution in [3.63, 3.8) is 0 Å². The molecular formula is C13H16O2. The third-order valence-electron chi connectivity index (χ3n) is 3.73. The number of phenolic OH excluding ortho intramolecular Hbond substituents is 1. The number of fused-ring (bicyclic) bond motifs is 1. The highest BCUT2D eigenvalue weighted by molar-refractivity contribution is 5.48. The zero-order valence-electron chi connectivity index (χ0n) is 8.99. The first-order chi connectivity index (χ1) is 7.27. The van der Waals surface area contributed by atoms with E-state index in [4.69, 9.17) is 4.74 Å². The SMILES string of the molecule is CC(c1ccc2c(c1O)COC2)C1CC1. The maximum Gasteiger partial charge on any atom is 0.124 e. The molecule has 1 aromatic rings. The number of benzene rings is 1. The number of aromatic hydroxyl groups is 1. The molecule has 1 atom stereocenters. The molecular weight excluding hydrogens is 188 g/mol. The predicted molar refractivity (Wildman–Crippen MR) is 57.7 cm³/mol. The van der Waals surface area contributed by atoms with Gasteiger partial charge in [0.1, 0.15) is 5.75 Å². The Morgan fingerprint density at radius 2 is 2.13 bits per heavy atom. The molecule has 2 aliphatic rings. The van der Waals surface area contributed by atoms with Crippen molar-refractivity contribution in [1.82, 2.24) is 0 Å². The summed E-state index contributed by atoms with van der Waals surface area (Å²) in [5.41, 5.74) is 3.28. The Morgan fingerprint density at radius 1 is 1.33 bits per heavy atom. The van der Waals surface area contributed by atoms with Crippen LogP contribution in [-0.2, 0) is 18.0 Å². The van der Waals surface area contributed by atoms with Crippen LogP contribution in [0.1, 0.15) is 42.4 Å². The van der Waals surface area contributed by atoms with Crippen LogP contribution in [0.3, 0.4) is 0 Å². The van der Waals surface area contributed by atoms with Crippen molar-refractivity contribution in [2.45, 2.75) is 38.9 Å². The lowest BCUT2D eigenvalue weighted by Crippen LogP contribution is -1.98. The van der Waals surface area contributed by atoms with Gasteiger partial charge in [-0.3, -0.25) is 0 Å². The van der Waals surface area contributed by atoms with E-state index in [1.54, 1.807) is 0 Å². The second kappa shape index (κ2) is 3.24. The molecule has 0 bridgehead atoms. The van der Waals surface area contributed by atoms with Crippen LogP contribution in [0.4, 0.5) is 0 Å². The summed E-state index contributed by atoms with van der Waals surface area (Å²) >= 11 is 0. The van der Waals surface area contributed by atoms with Crippen LogP contribution in [0.15, 0.2) is 12.1 Å². The van der Waals surface area contributed by atoms with Gasteiger partial charge in [0.05, 0.1) is 13.2 Å².